The van der Waals surface area contributed by atoms with E-state index in [0.717, 1.165) is 29.0 Å². The molecule has 1 aromatic heterocycles. The van der Waals surface area contributed by atoms with Crippen molar-refractivity contribution in [3.63, 3.8) is 0 Å². The molecule has 0 aliphatic heterocycles. The molecule has 0 bridgehead atoms. The van der Waals surface area contributed by atoms with Gasteiger partial charge in [-0.15, -0.1) is 5.10 Å². The van der Waals surface area contributed by atoms with Crippen LogP contribution >= 0.6 is 15.9 Å². The number of aromatic nitrogens is 4. The first kappa shape index (κ1) is 15.1. The zero-order chi connectivity index (χ0) is 14.5. The van der Waals surface area contributed by atoms with Crippen LogP contribution in [0.4, 0.5) is 0 Å². The highest BCUT2D eigenvalue weighted by Crippen LogP contribution is 2.20. The normalized spacial score (nSPS) is 12.8. The van der Waals surface area contributed by atoms with Gasteiger partial charge in [0.2, 0.25) is 0 Å². The lowest BCUT2D eigenvalue weighted by Gasteiger charge is -2.17. The van der Waals surface area contributed by atoms with E-state index in [2.05, 4.69) is 36.4 Å². The third-order valence-corrected chi connectivity index (χ3v) is 3.63. The summed E-state index contributed by atoms with van der Waals surface area (Å²) in [5.74, 6) is 0.769. The molecule has 1 heterocycles. The molecule has 20 heavy (non-hydrogen) atoms. The van der Waals surface area contributed by atoms with Crippen molar-refractivity contribution in [1.29, 1.82) is 0 Å². The monoisotopic (exact) mass is 339 g/mol. The van der Waals surface area contributed by atoms with Crippen molar-refractivity contribution < 1.29 is 5.11 Å². The minimum absolute atomic E-state index is 0.295. The number of aliphatic hydroxyl groups excluding tert-OH is 1. The molecule has 0 radical (unpaired) electrons. The van der Waals surface area contributed by atoms with E-state index in [9.17, 15) is 5.11 Å². The van der Waals surface area contributed by atoms with Crippen LogP contribution in [0.25, 0.3) is 5.69 Å². The number of halogens is 1. The first-order chi connectivity index (χ1) is 9.58. The second-order valence-corrected chi connectivity index (χ2v) is 5.69. The van der Waals surface area contributed by atoms with Gasteiger partial charge in [-0.3, -0.25) is 4.90 Å². The Morgan fingerprint density at radius 2 is 2.15 bits per heavy atom. The molecule has 1 atom stereocenters. The van der Waals surface area contributed by atoms with Crippen molar-refractivity contribution in [2.45, 2.75) is 26.0 Å². The summed E-state index contributed by atoms with van der Waals surface area (Å²) < 4.78 is 2.67. The molecule has 6 nitrogen and oxygen atoms in total. The first-order valence-electron chi connectivity index (χ1n) is 6.46. The van der Waals surface area contributed by atoms with Gasteiger partial charge in [0.15, 0.2) is 5.82 Å². The molecule has 7 heteroatoms. The van der Waals surface area contributed by atoms with Crippen LogP contribution in [0, 0.1) is 0 Å². The molecule has 0 saturated carbocycles. The molecular formula is C13H18BrN5O. The van der Waals surface area contributed by atoms with Gasteiger partial charge in [0.25, 0.3) is 0 Å². The van der Waals surface area contributed by atoms with Crippen LogP contribution in [0.3, 0.4) is 0 Å². The Bertz CT molecular complexity index is 557. The molecule has 108 valence electrons. The number of benzene rings is 1. The van der Waals surface area contributed by atoms with E-state index >= 15 is 0 Å². The van der Waals surface area contributed by atoms with Gasteiger partial charge >= 0.3 is 0 Å². The zero-order valence-electron chi connectivity index (χ0n) is 11.6. The Morgan fingerprint density at radius 1 is 1.40 bits per heavy atom. The predicted octanol–water partition coefficient (Wildman–Crippen LogP) is 1.63. The minimum Gasteiger partial charge on any atom is -0.393 e. The lowest BCUT2D eigenvalue weighted by molar-refractivity contribution is 0.162. The third kappa shape index (κ3) is 3.84. The lowest BCUT2D eigenvalue weighted by Crippen LogP contribution is -2.24. The average Bonchev–Trinajstić information content (AvgIpc) is 2.85. The summed E-state index contributed by atoms with van der Waals surface area (Å²) in [6, 6.07) is 7.81. The van der Waals surface area contributed by atoms with E-state index < -0.39 is 0 Å². The van der Waals surface area contributed by atoms with Gasteiger partial charge in [0.05, 0.1) is 18.3 Å². The first-order valence-corrected chi connectivity index (χ1v) is 7.26. The molecule has 1 N–H and O–H groups in total. The highest BCUT2D eigenvalue weighted by molar-refractivity contribution is 9.10. The van der Waals surface area contributed by atoms with E-state index in [-0.39, 0.29) is 6.10 Å². The summed E-state index contributed by atoms with van der Waals surface area (Å²) in [6.07, 6.45) is 0.435. The molecule has 0 spiro atoms. The van der Waals surface area contributed by atoms with Crippen molar-refractivity contribution in [2.24, 2.45) is 0 Å². The smallest absolute Gasteiger partial charge is 0.170 e. The number of nitrogens with zero attached hydrogens (tertiary/aromatic N) is 5. The number of aliphatic hydroxyl groups is 1. The molecule has 0 fully saturated rings. The van der Waals surface area contributed by atoms with Crippen LogP contribution in [-0.4, -0.2) is 49.9 Å². The number of tetrazole rings is 1. The van der Waals surface area contributed by atoms with Gasteiger partial charge < -0.3 is 5.11 Å². The summed E-state index contributed by atoms with van der Waals surface area (Å²) >= 11 is 3.50. The lowest BCUT2D eigenvalue weighted by atomic mass is 10.3. The maximum absolute atomic E-state index is 9.32. The van der Waals surface area contributed by atoms with Gasteiger partial charge in [-0.1, -0.05) is 12.1 Å². The Balaban J connectivity index is 2.11. The van der Waals surface area contributed by atoms with Gasteiger partial charge in [-0.2, -0.15) is 4.68 Å². The number of hydrogen-bond donors (Lipinski definition) is 1. The van der Waals surface area contributed by atoms with Crippen LogP contribution in [0.15, 0.2) is 28.7 Å². The Hall–Kier alpha value is -1.31. The van der Waals surface area contributed by atoms with Gasteiger partial charge in [0, 0.05) is 11.0 Å². The summed E-state index contributed by atoms with van der Waals surface area (Å²) in [6.45, 7) is 3.21. The molecule has 0 saturated heterocycles. The summed E-state index contributed by atoms with van der Waals surface area (Å²) in [4.78, 5) is 2.09. The van der Waals surface area contributed by atoms with Gasteiger partial charge in [-0.25, -0.2) is 0 Å². The molecular weight excluding hydrogens is 322 g/mol. The molecule has 0 aliphatic rings. The average molecular weight is 340 g/mol. The van der Waals surface area contributed by atoms with Crippen LogP contribution in [0.2, 0.25) is 0 Å². The predicted molar refractivity (Wildman–Crippen MR) is 79.5 cm³/mol. The second-order valence-electron chi connectivity index (χ2n) is 4.83. The molecule has 2 rings (SSSR count). The van der Waals surface area contributed by atoms with E-state index in [1.807, 2.05) is 31.3 Å². The number of hydrogen-bond acceptors (Lipinski definition) is 5. The van der Waals surface area contributed by atoms with Gasteiger partial charge in [0.1, 0.15) is 0 Å². The Morgan fingerprint density at radius 3 is 2.85 bits per heavy atom. The van der Waals surface area contributed by atoms with Gasteiger partial charge in [-0.05, 0) is 58.9 Å². The van der Waals surface area contributed by atoms with Crippen molar-refractivity contribution >= 4 is 15.9 Å². The van der Waals surface area contributed by atoms with Crippen LogP contribution in [0.1, 0.15) is 19.2 Å². The van der Waals surface area contributed by atoms with Crippen molar-refractivity contribution in [3.8, 4) is 5.69 Å². The summed E-state index contributed by atoms with van der Waals surface area (Å²) in [7, 11) is 1.99. The number of para-hydroxylation sites is 1. The zero-order valence-corrected chi connectivity index (χ0v) is 13.2. The molecule has 0 aliphatic carbocycles. The van der Waals surface area contributed by atoms with E-state index in [1.54, 1.807) is 11.6 Å². The maximum Gasteiger partial charge on any atom is 0.170 e. The highest BCUT2D eigenvalue weighted by atomic mass is 79.9. The van der Waals surface area contributed by atoms with E-state index in [1.165, 1.54) is 0 Å². The largest absolute Gasteiger partial charge is 0.393 e. The fraction of sp³-hybridized carbons (Fsp3) is 0.462. The van der Waals surface area contributed by atoms with E-state index in [0.29, 0.717) is 6.54 Å². The van der Waals surface area contributed by atoms with Crippen molar-refractivity contribution in [3.05, 3.63) is 34.6 Å². The minimum atomic E-state index is -0.295. The van der Waals surface area contributed by atoms with Crippen molar-refractivity contribution in [2.75, 3.05) is 13.6 Å². The topological polar surface area (TPSA) is 67.1 Å². The van der Waals surface area contributed by atoms with E-state index in [4.69, 9.17) is 0 Å². The molecule has 2 aromatic rings. The second kappa shape index (κ2) is 6.92. The van der Waals surface area contributed by atoms with Crippen molar-refractivity contribution in [1.82, 2.24) is 25.1 Å². The summed E-state index contributed by atoms with van der Waals surface area (Å²) in [5.41, 5.74) is 0.913. The fourth-order valence-electron chi connectivity index (χ4n) is 1.84. The standard InChI is InChI=1S/C13H18BrN5O/c1-10(20)7-8-18(2)9-13-15-16-17-19(13)12-6-4-3-5-11(12)14/h3-6,10,20H,7-9H2,1-2H3. The molecule has 0 amide bonds. The fourth-order valence-corrected chi connectivity index (χ4v) is 2.30. The van der Waals surface area contributed by atoms with Crippen LogP contribution < -0.4 is 0 Å². The molecule has 1 aromatic carbocycles. The SMILES string of the molecule is CC(O)CCN(C)Cc1nnnn1-c1ccccc1Br. The van der Waals surface area contributed by atoms with Crippen LogP contribution in [0.5, 0.6) is 0 Å². The third-order valence-electron chi connectivity index (χ3n) is 2.95. The number of rotatable bonds is 6. The maximum atomic E-state index is 9.32. The van der Waals surface area contributed by atoms with Crippen LogP contribution in [-0.2, 0) is 6.54 Å². The Kier molecular flexibility index (Phi) is 5.22. The quantitative estimate of drug-likeness (QED) is 0.866. The summed E-state index contributed by atoms with van der Waals surface area (Å²) in [5, 5.41) is 21.2. The Labute approximate surface area is 126 Å². The molecule has 1 unspecified atom stereocenters. The highest BCUT2D eigenvalue weighted by Gasteiger charge is 2.13.